The summed E-state index contributed by atoms with van der Waals surface area (Å²) >= 11 is 3.43. The first-order chi connectivity index (χ1) is 10.3. The fourth-order valence-electron chi connectivity index (χ4n) is 2.95. The number of hydrogen-bond acceptors (Lipinski definition) is 3. The molecule has 2 aromatic rings. The molecular weight excluding hydrogens is 328 g/mol. The van der Waals surface area contributed by atoms with Crippen molar-refractivity contribution in [2.24, 2.45) is 0 Å². The third kappa shape index (κ3) is 3.19. The van der Waals surface area contributed by atoms with E-state index in [0.717, 1.165) is 29.7 Å². The van der Waals surface area contributed by atoms with Gasteiger partial charge in [-0.1, -0.05) is 13.3 Å². The highest BCUT2D eigenvalue weighted by Gasteiger charge is 2.22. The number of nitrogens with one attached hydrogen (secondary N) is 1. The van der Waals surface area contributed by atoms with Gasteiger partial charge in [0.1, 0.15) is 0 Å². The summed E-state index contributed by atoms with van der Waals surface area (Å²) in [6.45, 7) is 3.27. The molecule has 1 aliphatic rings. The second-order valence-electron chi connectivity index (χ2n) is 5.55. The Labute approximate surface area is 134 Å². The molecule has 0 amide bonds. The van der Waals surface area contributed by atoms with E-state index in [2.05, 4.69) is 38.3 Å². The van der Waals surface area contributed by atoms with E-state index in [4.69, 9.17) is 0 Å². The summed E-state index contributed by atoms with van der Waals surface area (Å²) in [6.07, 6.45) is 9.78. The number of nitrogens with zero attached hydrogens (tertiary/aromatic N) is 3. The van der Waals surface area contributed by atoms with Gasteiger partial charge in [-0.2, -0.15) is 5.10 Å². The zero-order valence-corrected chi connectivity index (χ0v) is 13.9. The normalized spacial score (nSPS) is 18.3. The fraction of sp³-hybridized carbons (Fsp3) is 0.500. The molecule has 1 aliphatic carbocycles. The molecule has 0 aliphatic heterocycles. The van der Waals surface area contributed by atoms with E-state index in [1.54, 1.807) is 0 Å². The monoisotopic (exact) mass is 348 g/mol. The molecule has 0 saturated heterocycles. The summed E-state index contributed by atoms with van der Waals surface area (Å²) in [5, 5.41) is 8.26. The van der Waals surface area contributed by atoms with Gasteiger partial charge in [-0.25, -0.2) is 9.67 Å². The molecule has 2 heterocycles. The van der Waals surface area contributed by atoms with Crippen molar-refractivity contribution in [3.05, 3.63) is 40.3 Å². The lowest BCUT2D eigenvalue weighted by Crippen LogP contribution is -2.22. The lowest BCUT2D eigenvalue weighted by molar-refractivity contribution is 0.489. The highest BCUT2D eigenvalue weighted by atomic mass is 79.9. The molecule has 2 aromatic heterocycles. The minimum atomic E-state index is 0.437. The van der Waals surface area contributed by atoms with E-state index < -0.39 is 0 Å². The van der Waals surface area contributed by atoms with Crippen LogP contribution in [0.15, 0.2) is 29.0 Å². The van der Waals surface area contributed by atoms with Crippen molar-refractivity contribution in [2.75, 3.05) is 6.54 Å². The maximum Gasteiger partial charge on any atom is 0.153 e. The predicted octanol–water partition coefficient (Wildman–Crippen LogP) is 3.80. The quantitative estimate of drug-likeness (QED) is 0.854. The summed E-state index contributed by atoms with van der Waals surface area (Å²) in [5.74, 6) is 0.899. The smallest absolute Gasteiger partial charge is 0.153 e. The Hall–Kier alpha value is -1.20. The van der Waals surface area contributed by atoms with Crippen molar-refractivity contribution < 1.29 is 0 Å². The van der Waals surface area contributed by atoms with Crippen LogP contribution in [0.2, 0.25) is 0 Å². The molecule has 3 rings (SSSR count). The van der Waals surface area contributed by atoms with Crippen LogP contribution in [0.1, 0.15) is 49.9 Å². The van der Waals surface area contributed by atoms with Gasteiger partial charge in [0.25, 0.3) is 0 Å². The zero-order chi connectivity index (χ0) is 14.7. The number of aromatic nitrogens is 3. The third-order valence-corrected chi connectivity index (χ3v) is 4.47. The summed E-state index contributed by atoms with van der Waals surface area (Å²) in [5.41, 5.74) is 2.67. The van der Waals surface area contributed by atoms with Gasteiger partial charge < -0.3 is 5.32 Å². The second kappa shape index (κ2) is 6.71. The van der Waals surface area contributed by atoms with E-state index in [1.807, 2.05) is 29.2 Å². The number of halogens is 1. The second-order valence-corrected chi connectivity index (χ2v) is 6.46. The maximum atomic E-state index is 4.60. The standard InChI is InChI=1S/C16H21BrN4/c1-2-9-18-14-5-3-4-6-15-13(14)11-20-21(15)16-8-7-12(17)10-19-16/h7-8,10-11,14,18H,2-6,9H2,1H3. The molecule has 0 fully saturated rings. The first-order valence-corrected chi connectivity index (χ1v) is 8.51. The third-order valence-electron chi connectivity index (χ3n) is 4.00. The van der Waals surface area contributed by atoms with Gasteiger partial charge in [-0.3, -0.25) is 0 Å². The topological polar surface area (TPSA) is 42.7 Å². The van der Waals surface area contributed by atoms with Gasteiger partial charge in [-0.15, -0.1) is 0 Å². The molecule has 0 saturated carbocycles. The van der Waals surface area contributed by atoms with E-state index in [-0.39, 0.29) is 0 Å². The van der Waals surface area contributed by atoms with Crippen LogP contribution >= 0.6 is 15.9 Å². The minimum absolute atomic E-state index is 0.437. The van der Waals surface area contributed by atoms with Crippen LogP contribution in [0.25, 0.3) is 5.82 Å². The van der Waals surface area contributed by atoms with Crippen LogP contribution < -0.4 is 5.32 Å². The van der Waals surface area contributed by atoms with Crippen LogP contribution in [0.3, 0.4) is 0 Å². The van der Waals surface area contributed by atoms with Crippen molar-refractivity contribution >= 4 is 15.9 Å². The van der Waals surface area contributed by atoms with Crippen molar-refractivity contribution in [1.82, 2.24) is 20.1 Å². The van der Waals surface area contributed by atoms with Crippen LogP contribution in [-0.2, 0) is 6.42 Å². The van der Waals surface area contributed by atoms with Crippen molar-refractivity contribution in [3.63, 3.8) is 0 Å². The Morgan fingerprint density at radius 3 is 3.00 bits per heavy atom. The summed E-state index contributed by atoms with van der Waals surface area (Å²) in [6, 6.07) is 4.46. The van der Waals surface area contributed by atoms with Crippen molar-refractivity contribution in [3.8, 4) is 5.82 Å². The van der Waals surface area contributed by atoms with Gasteiger partial charge in [0.2, 0.25) is 0 Å². The van der Waals surface area contributed by atoms with Gasteiger partial charge in [0.05, 0.1) is 11.9 Å². The Kier molecular flexibility index (Phi) is 4.70. The summed E-state index contributed by atoms with van der Waals surface area (Å²) < 4.78 is 3.00. The Balaban J connectivity index is 1.94. The van der Waals surface area contributed by atoms with Gasteiger partial charge in [-0.05, 0) is 60.3 Å². The highest BCUT2D eigenvalue weighted by Crippen LogP contribution is 2.29. The van der Waals surface area contributed by atoms with Gasteiger partial charge >= 0.3 is 0 Å². The number of pyridine rings is 1. The first-order valence-electron chi connectivity index (χ1n) is 7.71. The van der Waals surface area contributed by atoms with Crippen molar-refractivity contribution in [2.45, 2.75) is 45.1 Å². The molecule has 21 heavy (non-hydrogen) atoms. The number of fused-ring (bicyclic) bond motifs is 1. The molecule has 4 nitrogen and oxygen atoms in total. The van der Waals surface area contributed by atoms with E-state index >= 15 is 0 Å². The number of rotatable bonds is 4. The van der Waals surface area contributed by atoms with Crippen LogP contribution in [0.4, 0.5) is 0 Å². The summed E-state index contributed by atoms with van der Waals surface area (Å²) in [7, 11) is 0. The van der Waals surface area contributed by atoms with Crippen molar-refractivity contribution in [1.29, 1.82) is 0 Å². The van der Waals surface area contributed by atoms with Crippen LogP contribution in [-0.4, -0.2) is 21.3 Å². The lowest BCUT2D eigenvalue weighted by Gasteiger charge is -2.16. The molecule has 0 aromatic carbocycles. The largest absolute Gasteiger partial charge is 0.310 e. The molecule has 5 heteroatoms. The van der Waals surface area contributed by atoms with Gasteiger partial charge in [0.15, 0.2) is 5.82 Å². The SMILES string of the molecule is CCCNC1CCCCc2c1cnn2-c1ccc(Br)cn1. The molecule has 1 unspecified atom stereocenters. The molecule has 0 spiro atoms. The molecular formula is C16H21BrN4. The van der Waals surface area contributed by atoms with Crippen LogP contribution in [0.5, 0.6) is 0 Å². The van der Waals surface area contributed by atoms with Crippen LogP contribution in [0, 0.1) is 0 Å². The van der Waals surface area contributed by atoms with E-state index in [9.17, 15) is 0 Å². The minimum Gasteiger partial charge on any atom is -0.310 e. The van der Waals surface area contributed by atoms with E-state index in [1.165, 1.54) is 30.5 Å². The molecule has 1 N–H and O–H groups in total. The maximum absolute atomic E-state index is 4.60. The predicted molar refractivity (Wildman–Crippen MR) is 87.6 cm³/mol. The molecule has 0 bridgehead atoms. The fourth-order valence-corrected chi connectivity index (χ4v) is 3.18. The van der Waals surface area contributed by atoms with E-state index in [0.29, 0.717) is 6.04 Å². The average molecular weight is 349 g/mol. The summed E-state index contributed by atoms with van der Waals surface area (Å²) in [4.78, 5) is 4.48. The Bertz CT molecular complexity index is 591. The number of hydrogen-bond donors (Lipinski definition) is 1. The first kappa shape index (κ1) is 14.7. The average Bonchev–Trinajstić information content (AvgIpc) is 2.81. The molecule has 0 radical (unpaired) electrons. The lowest BCUT2D eigenvalue weighted by atomic mass is 10.1. The Morgan fingerprint density at radius 2 is 2.24 bits per heavy atom. The molecule has 1 atom stereocenters. The van der Waals surface area contributed by atoms with Gasteiger partial charge in [0, 0.05) is 22.3 Å². The highest BCUT2D eigenvalue weighted by molar-refractivity contribution is 9.10. The molecule has 112 valence electrons. The Morgan fingerprint density at radius 1 is 1.33 bits per heavy atom. The zero-order valence-electron chi connectivity index (χ0n) is 12.3.